The highest BCUT2D eigenvalue weighted by molar-refractivity contribution is 5.99. The molecular weight excluding hydrogens is 274 g/mol. The molecule has 0 aromatic heterocycles. The predicted octanol–water partition coefficient (Wildman–Crippen LogP) is 3.69. The Hall–Kier alpha value is -1.64. The Kier molecular flexibility index (Phi) is 5.76. The fraction of sp³-hybridized carbons (Fsp3) is 0.579. The van der Waals surface area contributed by atoms with Crippen LogP contribution in [-0.2, 0) is 4.79 Å². The van der Waals surface area contributed by atoms with E-state index in [1.807, 2.05) is 18.2 Å². The number of rotatable bonds is 5. The molecule has 0 spiro atoms. The Morgan fingerprint density at radius 3 is 2.50 bits per heavy atom. The lowest BCUT2D eigenvalue weighted by Gasteiger charge is -2.36. The minimum absolute atomic E-state index is 0.0288. The van der Waals surface area contributed by atoms with Crippen LogP contribution < -0.4 is 5.32 Å². The van der Waals surface area contributed by atoms with Crippen molar-refractivity contribution in [2.75, 3.05) is 6.54 Å². The summed E-state index contributed by atoms with van der Waals surface area (Å²) in [5, 5.41) is 2.87. The van der Waals surface area contributed by atoms with Gasteiger partial charge >= 0.3 is 0 Å². The molecule has 3 nitrogen and oxygen atoms in total. The van der Waals surface area contributed by atoms with Crippen LogP contribution in [0.1, 0.15) is 50.4 Å². The number of hydrogen-bond acceptors (Lipinski definition) is 2. The molecule has 3 heteroatoms. The monoisotopic (exact) mass is 301 g/mol. The van der Waals surface area contributed by atoms with Gasteiger partial charge in [-0.3, -0.25) is 9.59 Å². The van der Waals surface area contributed by atoms with Gasteiger partial charge in [-0.05, 0) is 30.6 Å². The summed E-state index contributed by atoms with van der Waals surface area (Å²) < 4.78 is 0. The van der Waals surface area contributed by atoms with Gasteiger partial charge in [-0.1, -0.05) is 57.5 Å². The molecule has 22 heavy (non-hydrogen) atoms. The molecule has 2 rings (SSSR count). The van der Waals surface area contributed by atoms with Gasteiger partial charge in [0.1, 0.15) is 0 Å². The van der Waals surface area contributed by atoms with E-state index in [-0.39, 0.29) is 24.2 Å². The lowest BCUT2D eigenvalue weighted by molar-refractivity contribution is -0.129. The van der Waals surface area contributed by atoms with E-state index in [9.17, 15) is 9.59 Å². The maximum absolute atomic E-state index is 12.5. The molecule has 0 saturated heterocycles. The van der Waals surface area contributed by atoms with Crippen LogP contribution >= 0.6 is 0 Å². The van der Waals surface area contributed by atoms with E-state index in [1.54, 1.807) is 12.1 Å². The summed E-state index contributed by atoms with van der Waals surface area (Å²) in [7, 11) is 0. The predicted molar refractivity (Wildman–Crippen MR) is 88.6 cm³/mol. The summed E-state index contributed by atoms with van der Waals surface area (Å²) in [6, 6.07) is 9.13. The Bertz CT molecular complexity index is 509. The van der Waals surface area contributed by atoms with E-state index < -0.39 is 0 Å². The van der Waals surface area contributed by atoms with E-state index in [2.05, 4.69) is 26.1 Å². The molecule has 3 unspecified atom stereocenters. The van der Waals surface area contributed by atoms with Crippen molar-refractivity contribution in [3.8, 4) is 0 Å². The van der Waals surface area contributed by atoms with Crippen molar-refractivity contribution in [2.24, 2.45) is 23.7 Å². The highest BCUT2D eigenvalue weighted by atomic mass is 16.2. The third-order valence-electron chi connectivity index (χ3n) is 4.88. The highest BCUT2D eigenvalue weighted by Crippen LogP contribution is 2.38. The van der Waals surface area contributed by atoms with Gasteiger partial charge < -0.3 is 5.32 Å². The van der Waals surface area contributed by atoms with Crippen LogP contribution in [0.15, 0.2) is 30.3 Å². The normalized spacial score (nSPS) is 25.0. The number of carbonyl (C=O) groups is 2. The summed E-state index contributed by atoms with van der Waals surface area (Å²) >= 11 is 0. The SMILES string of the molecule is CC1CCC(C(C)C)C(C(=O)NCC(=O)c2ccccc2)C1. The second-order valence-corrected chi connectivity index (χ2v) is 6.94. The van der Waals surface area contributed by atoms with Crippen molar-refractivity contribution in [2.45, 2.75) is 40.0 Å². The number of nitrogens with one attached hydrogen (secondary N) is 1. The minimum atomic E-state index is -0.0288. The molecule has 0 heterocycles. The molecule has 1 amide bonds. The van der Waals surface area contributed by atoms with E-state index in [4.69, 9.17) is 0 Å². The number of carbonyl (C=O) groups excluding carboxylic acids is 2. The maximum atomic E-state index is 12.5. The molecule has 1 aromatic rings. The summed E-state index contributed by atoms with van der Waals surface area (Å²) in [6.45, 7) is 6.69. The zero-order chi connectivity index (χ0) is 16.1. The Balaban J connectivity index is 1.94. The van der Waals surface area contributed by atoms with Crippen molar-refractivity contribution < 1.29 is 9.59 Å². The minimum Gasteiger partial charge on any atom is -0.348 e. The lowest BCUT2D eigenvalue weighted by Crippen LogP contribution is -2.41. The van der Waals surface area contributed by atoms with Crippen LogP contribution in [0.4, 0.5) is 0 Å². The van der Waals surface area contributed by atoms with Gasteiger partial charge in [-0.25, -0.2) is 0 Å². The Morgan fingerprint density at radius 1 is 1.18 bits per heavy atom. The van der Waals surface area contributed by atoms with Crippen LogP contribution in [-0.4, -0.2) is 18.2 Å². The second-order valence-electron chi connectivity index (χ2n) is 6.94. The largest absolute Gasteiger partial charge is 0.348 e. The first-order chi connectivity index (χ1) is 10.5. The Morgan fingerprint density at radius 2 is 1.86 bits per heavy atom. The molecule has 0 bridgehead atoms. The fourth-order valence-corrected chi connectivity index (χ4v) is 3.53. The zero-order valence-electron chi connectivity index (χ0n) is 13.8. The average molecular weight is 301 g/mol. The van der Waals surface area contributed by atoms with Crippen LogP contribution in [0.3, 0.4) is 0 Å². The summed E-state index contributed by atoms with van der Waals surface area (Å²) in [4.78, 5) is 24.6. The summed E-state index contributed by atoms with van der Waals surface area (Å²) in [5.41, 5.74) is 0.653. The van der Waals surface area contributed by atoms with E-state index >= 15 is 0 Å². The maximum Gasteiger partial charge on any atom is 0.223 e. The molecular formula is C19H27NO2. The molecule has 1 aliphatic rings. The zero-order valence-corrected chi connectivity index (χ0v) is 13.8. The van der Waals surface area contributed by atoms with E-state index in [0.29, 0.717) is 23.3 Å². The van der Waals surface area contributed by atoms with E-state index in [0.717, 1.165) is 12.8 Å². The van der Waals surface area contributed by atoms with Gasteiger partial charge in [0.25, 0.3) is 0 Å². The number of benzene rings is 1. The lowest BCUT2D eigenvalue weighted by atomic mass is 9.70. The molecule has 0 radical (unpaired) electrons. The molecule has 0 aliphatic heterocycles. The number of ketones is 1. The smallest absolute Gasteiger partial charge is 0.223 e. The molecule has 3 atom stereocenters. The van der Waals surface area contributed by atoms with Gasteiger partial charge in [-0.15, -0.1) is 0 Å². The van der Waals surface area contributed by atoms with Gasteiger partial charge in [-0.2, -0.15) is 0 Å². The molecule has 1 aliphatic carbocycles. The summed E-state index contributed by atoms with van der Waals surface area (Å²) in [5.74, 6) is 1.60. The van der Waals surface area contributed by atoms with Crippen molar-refractivity contribution in [3.63, 3.8) is 0 Å². The molecule has 1 fully saturated rings. The molecule has 1 saturated carbocycles. The number of hydrogen-bond donors (Lipinski definition) is 1. The van der Waals surface area contributed by atoms with Gasteiger partial charge in [0.05, 0.1) is 6.54 Å². The standard InChI is InChI=1S/C19H27NO2/c1-13(2)16-10-9-14(3)11-17(16)19(22)20-12-18(21)15-7-5-4-6-8-15/h4-8,13-14,16-17H,9-12H2,1-3H3,(H,20,22). The van der Waals surface area contributed by atoms with Crippen molar-refractivity contribution in [1.29, 1.82) is 0 Å². The van der Waals surface area contributed by atoms with Crippen molar-refractivity contribution in [3.05, 3.63) is 35.9 Å². The fourth-order valence-electron chi connectivity index (χ4n) is 3.53. The van der Waals surface area contributed by atoms with E-state index in [1.165, 1.54) is 6.42 Å². The Labute approximate surface area is 133 Å². The first-order valence-corrected chi connectivity index (χ1v) is 8.35. The van der Waals surface area contributed by atoms with Gasteiger partial charge in [0.15, 0.2) is 5.78 Å². The number of Topliss-reactive ketones (excluding diaryl/α,β-unsaturated/α-hetero) is 1. The number of amides is 1. The average Bonchev–Trinajstić information content (AvgIpc) is 2.52. The first kappa shape index (κ1) is 16.7. The quantitative estimate of drug-likeness (QED) is 0.843. The van der Waals surface area contributed by atoms with Gasteiger partial charge in [0, 0.05) is 11.5 Å². The molecule has 1 aromatic carbocycles. The first-order valence-electron chi connectivity index (χ1n) is 8.35. The second kappa shape index (κ2) is 7.57. The van der Waals surface area contributed by atoms with Crippen LogP contribution in [0.5, 0.6) is 0 Å². The van der Waals surface area contributed by atoms with Crippen LogP contribution in [0, 0.1) is 23.7 Å². The third kappa shape index (κ3) is 4.19. The van der Waals surface area contributed by atoms with Crippen molar-refractivity contribution >= 4 is 11.7 Å². The third-order valence-corrected chi connectivity index (χ3v) is 4.88. The molecule has 120 valence electrons. The van der Waals surface area contributed by atoms with Gasteiger partial charge in [0.2, 0.25) is 5.91 Å². The van der Waals surface area contributed by atoms with Crippen LogP contribution in [0.25, 0.3) is 0 Å². The van der Waals surface area contributed by atoms with Crippen LogP contribution in [0.2, 0.25) is 0 Å². The topological polar surface area (TPSA) is 46.2 Å². The van der Waals surface area contributed by atoms with Crippen molar-refractivity contribution in [1.82, 2.24) is 5.32 Å². The highest BCUT2D eigenvalue weighted by Gasteiger charge is 2.35. The summed E-state index contributed by atoms with van der Waals surface area (Å²) in [6.07, 6.45) is 3.26. The molecule has 1 N–H and O–H groups in total.